The number of Topliss-reactive ketones (excluding diaryl/α,β-unsaturated/α-hetero) is 1. The highest BCUT2D eigenvalue weighted by Gasteiger charge is 2.30. The van der Waals surface area contributed by atoms with Gasteiger partial charge in [0.05, 0.1) is 23.5 Å². The molecule has 1 heterocycles. The maximum atomic E-state index is 13.7. The first-order valence-electron chi connectivity index (χ1n) is 5.08. The standard InChI is InChI=1S/C11H9F3N2O2/c1-16(4-9(13)14)8-3-7-5(2-6(8)12)10(17)11(18)15-7/h2-3,9H,4H2,1H3,(H,15,17,18). The van der Waals surface area contributed by atoms with Crippen molar-refractivity contribution >= 4 is 23.1 Å². The van der Waals surface area contributed by atoms with Crippen LogP contribution in [0, 0.1) is 5.82 Å². The van der Waals surface area contributed by atoms with Crippen LogP contribution in [0.15, 0.2) is 12.1 Å². The van der Waals surface area contributed by atoms with Gasteiger partial charge in [0.1, 0.15) is 5.82 Å². The summed E-state index contributed by atoms with van der Waals surface area (Å²) in [4.78, 5) is 23.4. The van der Waals surface area contributed by atoms with Crippen LogP contribution in [0.4, 0.5) is 24.5 Å². The lowest BCUT2D eigenvalue weighted by molar-refractivity contribution is -0.112. The van der Waals surface area contributed by atoms with Crippen LogP contribution in [0.3, 0.4) is 0 Å². The molecule has 96 valence electrons. The van der Waals surface area contributed by atoms with Crippen LogP contribution in [-0.2, 0) is 4.79 Å². The molecule has 4 nitrogen and oxygen atoms in total. The first kappa shape index (κ1) is 12.4. The van der Waals surface area contributed by atoms with Gasteiger partial charge < -0.3 is 10.2 Å². The van der Waals surface area contributed by atoms with Gasteiger partial charge in [-0.2, -0.15) is 0 Å². The molecule has 1 aromatic carbocycles. The Morgan fingerprint density at radius 3 is 2.61 bits per heavy atom. The smallest absolute Gasteiger partial charge is 0.296 e. The van der Waals surface area contributed by atoms with Gasteiger partial charge in [0, 0.05) is 7.05 Å². The lowest BCUT2D eigenvalue weighted by Gasteiger charge is -2.20. The van der Waals surface area contributed by atoms with Gasteiger partial charge in [-0.15, -0.1) is 0 Å². The van der Waals surface area contributed by atoms with Crippen molar-refractivity contribution in [3.8, 4) is 0 Å². The molecule has 0 radical (unpaired) electrons. The Hall–Kier alpha value is -2.05. The molecule has 1 amide bonds. The number of nitrogens with one attached hydrogen (secondary N) is 1. The quantitative estimate of drug-likeness (QED) is 0.839. The Morgan fingerprint density at radius 2 is 2.00 bits per heavy atom. The molecule has 0 saturated carbocycles. The summed E-state index contributed by atoms with van der Waals surface area (Å²) in [6, 6.07) is 2.06. The third-order valence-corrected chi connectivity index (χ3v) is 2.61. The number of benzene rings is 1. The minimum atomic E-state index is -2.61. The third kappa shape index (κ3) is 2.03. The summed E-state index contributed by atoms with van der Waals surface area (Å²) in [5.41, 5.74) is -0.0294. The Bertz CT molecular complexity index is 531. The van der Waals surface area contributed by atoms with Gasteiger partial charge in [0.15, 0.2) is 0 Å². The van der Waals surface area contributed by atoms with Gasteiger partial charge in [-0.3, -0.25) is 9.59 Å². The number of alkyl halides is 2. The van der Waals surface area contributed by atoms with E-state index in [9.17, 15) is 22.8 Å². The van der Waals surface area contributed by atoms with Crippen LogP contribution >= 0.6 is 0 Å². The second kappa shape index (κ2) is 4.32. The number of nitrogens with zero attached hydrogens (tertiary/aromatic N) is 1. The maximum Gasteiger partial charge on any atom is 0.296 e. The molecule has 0 aliphatic carbocycles. The Kier molecular flexibility index (Phi) is 2.98. The Labute approximate surface area is 100 Å². The van der Waals surface area contributed by atoms with Gasteiger partial charge in [-0.25, -0.2) is 13.2 Å². The average Bonchev–Trinajstić information content (AvgIpc) is 2.53. The van der Waals surface area contributed by atoms with E-state index in [0.717, 1.165) is 11.0 Å². The molecule has 2 rings (SSSR count). The van der Waals surface area contributed by atoms with Crippen LogP contribution in [0.2, 0.25) is 0 Å². The number of hydrogen-bond acceptors (Lipinski definition) is 3. The molecule has 0 saturated heterocycles. The van der Waals surface area contributed by atoms with Crippen molar-refractivity contribution < 1.29 is 22.8 Å². The Balaban J connectivity index is 2.38. The van der Waals surface area contributed by atoms with Crippen LogP contribution in [0.25, 0.3) is 0 Å². The zero-order valence-electron chi connectivity index (χ0n) is 9.34. The van der Waals surface area contributed by atoms with Crippen molar-refractivity contribution in [3.05, 3.63) is 23.5 Å². The van der Waals surface area contributed by atoms with E-state index in [1.165, 1.54) is 13.1 Å². The molecule has 1 aromatic rings. The average molecular weight is 258 g/mol. The predicted octanol–water partition coefficient (Wildman–Crippen LogP) is 1.66. The third-order valence-electron chi connectivity index (χ3n) is 2.61. The van der Waals surface area contributed by atoms with Crippen molar-refractivity contribution in [2.45, 2.75) is 6.43 Å². The van der Waals surface area contributed by atoms with E-state index in [4.69, 9.17) is 0 Å². The molecule has 0 bridgehead atoms. The lowest BCUT2D eigenvalue weighted by Crippen LogP contribution is -2.25. The van der Waals surface area contributed by atoms with Gasteiger partial charge in [-0.05, 0) is 12.1 Å². The van der Waals surface area contributed by atoms with Gasteiger partial charge in [0.2, 0.25) is 0 Å². The summed E-state index contributed by atoms with van der Waals surface area (Å²) in [7, 11) is 1.30. The van der Waals surface area contributed by atoms with Gasteiger partial charge >= 0.3 is 0 Å². The van der Waals surface area contributed by atoms with Crippen molar-refractivity contribution in [2.24, 2.45) is 0 Å². The molecule has 7 heteroatoms. The second-order valence-electron chi connectivity index (χ2n) is 3.90. The highest BCUT2D eigenvalue weighted by Crippen LogP contribution is 2.30. The minimum absolute atomic E-state index is 0.0771. The highest BCUT2D eigenvalue weighted by atomic mass is 19.3. The molecular formula is C11H9F3N2O2. The van der Waals surface area contributed by atoms with E-state index in [-0.39, 0.29) is 16.9 Å². The monoisotopic (exact) mass is 258 g/mol. The number of fused-ring (bicyclic) bond motifs is 1. The SMILES string of the molecule is CN(CC(F)F)c1cc2c(cc1F)C(=O)C(=O)N2. The summed E-state index contributed by atoms with van der Waals surface area (Å²) in [6.45, 7) is -0.641. The van der Waals surface area contributed by atoms with E-state index >= 15 is 0 Å². The van der Waals surface area contributed by atoms with Crippen LogP contribution in [0.5, 0.6) is 0 Å². The van der Waals surface area contributed by atoms with E-state index in [1.54, 1.807) is 0 Å². The van der Waals surface area contributed by atoms with Crippen molar-refractivity contribution in [1.82, 2.24) is 0 Å². The predicted molar refractivity (Wildman–Crippen MR) is 58.6 cm³/mol. The topological polar surface area (TPSA) is 49.4 Å². The zero-order valence-corrected chi connectivity index (χ0v) is 9.34. The number of rotatable bonds is 3. The first-order valence-corrected chi connectivity index (χ1v) is 5.08. The minimum Gasteiger partial charge on any atom is -0.366 e. The molecule has 18 heavy (non-hydrogen) atoms. The summed E-state index contributed by atoms with van der Waals surface area (Å²) in [5.74, 6) is -2.49. The van der Waals surface area contributed by atoms with E-state index < -0.39 is 30.5 Å². The van der Waals surface area contributed by atoms with Crippen LogP contribution in [-0.4, -0.2) is 31.7 Å². The molecule has 0 aromatic heterocycles. The summed E-state index contributed by atoms with van der Waals surface area (Å²) < 4.78 is 38.1. The number of amides is 1. The Morgan fingerprint density at radius 1 is 1.33 bits per heavy atom. The number of ketones is 1. The fourth-order valence-corrected chi connectivity index (χ4v) is 1.75. The van der Waals surface area contributed by atoms with E-state index in [1.807, 2.05) is 0 Å². The number of carbonyl (C=O) groups excluding carboxylic acids is 2. The molecule has 0 atom stereocenters. The molecule has 0 spiro atoms. The summed E-state index contributed by atoms with van der Waals surface area (Å²) in [6.07, 6.45) is -2.61. The molecular weight excluding hydrogens is 249 g/mol. The summed E-state index contributed by atoms with van der Waals surface area (Å²) in [5, 5.41) is 2.25. The molecule has 0 fully saturated rings. The number of halogens is 3. The second-order valence-corrected chi connectivity index (χ2v) is 3.90. The largest absolute Gasteiger partial charge is 0.366 e. The maximum absolute atomic E-state index is 13.7. The number of hydrogen-bond donors (Lipinski definition) is 1. The van der Waals surface area contributed by atoms with E-state index in [2.05, 4.69) is 5.32 Å². The van der Waals surface area contributed by atoms with Crippen LogP contribution < -0.4 is 10.2 Å². The lowest BCUT2D eigenvalue weighted by atomic mass is 10.1. The molecule has 1 aliphatic heterocycles. The van der Waals surface area contributed by atoms with Crippen molar-refractivity contribution in [1.29, 1.82) is 0 Å². The van der Waals surface area contributed by atoms with Crippen molar-refractivity contribution in [2.75, 3.05) is 23.8 Å². The first-order chi connectivity index (χ1) is 8.40. The van der Waals surface area contributed by atoms with Crippen LogP contribution in [0.1, 0.15) is 10.4 Å². The zero-order chi connectivity index (χ0) is 13.4. The van der Waals surface area contributed by atoms with Gasteiger partial charge in [-0.1, -0.05) is 0 Å². The summed E-state index contributed by atoms with van der Waals surface area (Å²) >= 11 is 0. The van der Waals surface area contributed by atoms with E-state index in [0.29, 0.717) is 0 Å². The number of anilines is 2. The fourth-order valence-electron chi connectivity index (χ4n) is 1.75. The fraction of sp³-hybridized carbons (Fsp3) is 0.273. The van der Waals surface area contributed by atoms with Gasteiger partial charge in [0.25, 0.3) is 18.1 Å². The normalized spacial score (nSPS) is 13.8. The molecule has 0 unspecified atom stereocenters. The number of carbonyl (C=O) groups is 2. The highest BCUT2D eigenvalue weighted by molar-refractivity contribution is 6.51. The molecule has 1 N–H and O–H groups in total. The molecule has 1 aliphatic rings. The van der Waals surface area contributed by atoms with Crippen molar-refractivity contribution in [3.63, 3.8) is 0 Å².